The van der Waals surface area contributed by atoms with Crippen LogP contribution in [-0.4, -0.2) is 23.0 Å². The van der Waals surface area contributed by atoms with Crippen LogP contribution in [0.3, 0.4) is 0 Å². The third-order valence-electron chi connectivity index (χ3n) is 2.96. The molecule has 1 heterocycles. The van der Waals surface area contributed by atoms with Crippen molar-refractivity contribution in [3.05, 3.63) is 11.9 Å². The molecule has 0 saturated heterocycles. The number of rotatable bonds is 3. The molecule has 4 heteroatoms. The first-order valence-corrected chi connectivity index (χ1v) is 5.01. The van der Waals surface area contributed by atoms with Crippen LogP contribution in [0.5, 0.6) is 0 Å². The van der Waals surface area contributed by atoms with Crippen molar-refractivity contribution in [1.29, 1.82) is 0 Å². The third-order valence-corrected chi connectivity index (χ3v) is 2.96. The number of hydrogen-bond acceptors (Lipinski definition) is 3. The summed E-state index contributed by atoms with van der Waals surface area (Å²) in [5.74, 6) is 0.707. The molecule has 0 aromatic carbocycles. The lowest BCUT2D eigenvalue weighted by Crippen LogP contribution is -2.33. The summed E-state index contributed by atoms with van der Waals surface area (Å²) >= 11 is 0. The molecule has 0 radical (unpaired) electrons. The molecule has 78 valence electrons. The number of aryl methyl sites for hydroxylation is 1. The molecular formula is C10H17N3O. The van der Waals surface area contributed by atoms with Crippen molar-refractivity contribution in [3.8, 4) is 0 Å². The fraction of sp³-hybridized carbons (Fsp3) is 0.700. The van der Waals surface area contributed by atoms with E-state index in [1.807, 2.05) is 17.8 Å². The third kappa shape index (κ3) is 1.75. The molecular weight excluding hydrogens is 178 g/mol. The fourth-order valence-corrected chi connectivity index (χ4v) is 1.91. The molecule has 2 rings (SSSR count). The van der Waals surface area contributed by atoms with Crippen molar-refractivity contribution in [2.24, 2.45) is 5.92 Å². The van der Waals surface area contributed by atoms with Gasteiger partial charge in [-0.15, -0.1) is 0 Å². The van der Waals surface area contributed by atoms with Gasteiger partial charge in [0.1, 0.15) is 0 Å². The second-order valence-corrected chi connectivity index (χ2v) is 4.09. The van der Waals surface area contributed by atoms with Crippen LogP contribution in [-0.2, 0) is 11.3 Å². The molecule has 0 spiro atoms. The summed E-state index contributed by atoms with van der Waals surface area (Å²) in [5.41, 5.74) is 7.43. The smallest absolute Gasteiger partial charge is 0.0822 e. The molecule has 1 saturated carbocycles. The molecule has 14 heavy (non-hydrogen) atoms. The number of hydrogen-bond donors (Lipinski definition) is 1. The number of nitrogen functional groups attached to an aromatic ring is 1. The van der Waals surface area contributed by atoms with Crippen LogP contribution >= 0.6 is 0 Å². The maximum absolute atomic E-state index is 5.72. The quantitative estimate of drug-likeness (QED) is 0.788. The lowest BCUT2D eigenvalue weighted by atomic mass is 9.82. The Kier molecular flexibility index (Phi) is 2.46. The summed E-state index contributed by atoms with van der Waals surface area (Å²) in [4.78, 5) is 0. The van der Waals surface area contributed by atoms with Gasteiger partial charge < -0.3 is 10.5 Å². The summed E-state index contributed by atoms with van der Waals surface area (Å²) in [7, 11) is 1.77. The van der Waals surface area contributed by atoms with Crippen LogP contribution in [0, 0.1) is 12.8 Å². The predicted molar refractivity (Wildman–Crippen MR) is 54.9 cm³/mol. The first-order chi connectivity index (χ1) is 6.69. The molecule has 4 nitrogen and oxygen atoms in total. The van der Waals surface area contributed by atoms with E-state index in [1.54, 1.807) is 7.11 Å². The molecule has 0 bridgehead atoms. The van der Waals surface area contributed by atoms with E-state index in [1.165, 1.54) is 0 Å². The Morgan fingerprint density at radius 2 is 2.36 bits per heavy atom. The van der Waals surface area contributed by atoms with Crippen LogP contribution in [0.2, 0.25) is 0 Å². The highest BCUT2D eigenvalue weighted by Gasteiger charge is 2.29. The Morgan fingerprint density at radius 1 is 1.64 bits per heavy atom. The second-order valence-electron chi connectivity index (χ2n) is 4.09. The lowest BCUT2D eigenvalue weighted by molar-refractivity contribution is -0.00547. The number of aromatic nitrogens is 2. The van der Waals surface area contributed by atoms with Crippen LogP contribution in [0.25, 0.3) is 0 Å². The molecule has 0 atom stereocenters. The average molecular weight is 195 g/mol. The monoisotopic (exact) mass is 195 g/mol. The van der Waals surface area contributed by atoms with Gasteiger partial charge in [0, 0.05) is 19.9 Å². The number of anilines is 1. The van der Waals surface area contributed by atoms with Crippen molar-refractivity contribution in [2.45, 2.75) is 32.4 Å². The number of nitrogens with zero attached hydrogens (tertiary/aromatic N) is 2. The van der Waals surface area contributed by atoms with Gasteiger partial charge in [-0.1, -0.05) is 0 Å². The molecule has 0 aliphatic heterocycles. The highest BCUT2D eigenvalue weighted by atomic mass is 16.5. The zero-order valence-electron chi connectivity index (χ0n) is 8.73. The van der Waals surface area contributed by atoms with Crippen molar-refractivity contribution >= 4 is 5.69 Å². The summed E-state index contributed by atoms with van der Waals surface area (Å²) in [6.45, 7) is 2.91. The first-order valence-electron chi connectivity index (χ1n) is 5.01. The lowest BCUT2D eigenvalue weighted by Gasteiger charge is -2.33. The number of nitrogens with two attached hydrogens (primary N) is 1. The van der Waals surface area contributed by atoms with Crippen LogP contribution in [0.15, 0.2) is 6.20 Å². The largest absolute Gasteiger partial charge is 0.396 e. The molecule has 0 amide bonds. The van der Waals surface area contributed by atoms with E-state index in [-0.39, 0.29) is 0 Å². The summed E-state index contributed by atoms with van der Waals surface area (Å²) in [5, 5.41) is 4.33. The van der Waals surface area contributed by atoms with Gasteiger partial charge in [-0.25, -0.2) is 0 Å². The van der Waals surface area contributed by atoms with Gasteiger partial charge >= 0.3 is 0 Å². The van der Waals surface area contributed by atoms with Gasteiger partial charge in [-0.2, -0.15) is 5.10 Å². The van der Waals surface area contributed by atoms with E-state index in [9.17, 15) is 0 Å². The van der Waals surface area contributed by atoms with Crippen molar-refractivity contribution in [3.63, 3.8) is 0 Å². The predicted octanol–water partition coefficient (Wildman–Crippen LogP) is 1.20. The molecule has 1 aliphatic rings. The van der Waals surface area contributed by atoms with Crippen LogP contribution in [0.1, 0.15) is 18.5 Å². The van der Waals surface area contributed by atoms with Gasteiger partial charge in [0.25, 0.3) is 0 Å². The Bertz CT molecular complexity index is 296. The SMILES string of the molecule is COC1CC(Cn2cc(N)c(C)n2)C1. The molecule has 1 aromatic rings. The van der Waals surface area contributed by atoms with E-state index < -0.39 is 0 Å². The van der Waals surface area contributed by atoms with Gasteiger partial charge in [-0.3, -0.25) is 4.68 Å². The van der Waals surface area contributed by atoms with Crippen molar-refractivity contribution < 1.29 is 4.74 Å². The molecule has 0 unspecified atom stereocenters. The van der Waals surface area contributed by atoms with E-state index in [2.05, 4.69) is 5.10 Å². The standard InChI is InChI=1S/C10H17N3O/c1-7-10(11)6-13(12-7)5-8-3-9(4-8)14-2/h6,8-9H,3-5,11H2,1-2H3. The minimum absolute atomic E-state index is 0.467. The maximum atomic E-state index is 5.72. The fourth-order valence-electron chi connectivity index (χ4n) is 1.91. The highest BCUT2D eigenvalue weighted by Crippen LogP contribution is 2.30. The summed E-state index contributed by atoms with van der Waals surface area (Å²) < 4.78 is 7.17. The zero-order chi connectivity index (χ0) is 10.1. The topological polar surface area (TPSA) is 53.1 Å². The summed E-state index contributed by atoms with van der Waals surface area (Å²) in [6, 6.07) is 0. The highest BCUT2D eigenvalue weighted by molar-refractivity contribution is 5.39. The van der Waals surface area contributed by atoms with Crippen LogP contribution < -0.4 is 5.73 Å². The first kappa shape index (κ1) is 9.52. The van der Waals surface area contributed by atoms with E-state index >= 15 is 0 Å². The molecule has 2 N–H and O–H groups in total. The maximum Gasteiger partial charge on any atom is 0.0822 e. The van der Waals surface area contributed by atoms with E-state index in [0.29, 0.717) is 12.0 Å². The second kappa shape index (κ2) is 3.61. The molecule has 1 fully saturated rings. The van der Waals surface area contributed by atoms with Gasteiger partial charge in [0.05, 0.1) is 17.5 Å². The molecule has 1 aliphatic carbocycles. The Labute approximate surface area is 84.0 Å². The van der Waals surface area contributed by atoms with Gasteiger partial charge in [0.2, 0.25) is 0 Å². The zero-order valence-corrected chi connectivity index (χ0v) is 8.73. The molecule has 1 aromatic heterocycles. The number of ether oxygens (including phenoxy) is 1. The minimum Gasteiger partial charge on any atom is -0.396 e. The van der Waals surface area contributed by atoms with Gasteiger partial charge in [0.15, 0.2) is 0 Å². The summed E-state index contributed by atoms with van der Waals surface area (Å²) in [6.07, 6.45) is 4.68. The minimum atomic E-state index is 0.467. The number of methoxy groups -OCH3 is 1. The Hall–Kier alpha value is -1.03. The van der Waals surface area contributed by atoms with E-state index in [0.717, 1.165) is 30.8 Å². The Balaban J connectivity index is 1.87. The van der Waals surface area contributed by atoms with Crippen molar-refractivity contribution in [2.75, 3.05) is 12.8 Å². The van der Waals surface area contributed by atoms with E-state index in [4.69, 9.17) is 10.5 Å². The van der Waals surface area contributed by atoms with Gasteiger partial charge in [-0.05, 0) is 25.7 Å². The average Bonchev–Trinajstić information content (AvgIpc) is 2.38. The van der Waals surface area contributed by atoms with Crippen LogP contribution in [0.4, 0.5) is 5.69 Å². The van der Waals surface area contributed by atoms with Crippen molar-refractivity contribution in [1.82, 2.24) is 9.78 Å². The Morgan fingerprint density at radius 3 is 2.86 bits per heavy atom. The normalized spacial score (nSPS) is 26.1.